The van der Waals surface area contributed by atoms with Gasteiger partial charge in [0.2, 0.25) is 11.8 Å². The van der Waals surface area contributed by atoms with Crippen molar-refractivity contribution in [1.82, 2.24) is 20.5 Å². The first-order chi connectivity index (χ1) is 14.7. The Labute approximate surface area is 185 Å². The lowest BCUT2D eigenvalue weighted by atomic mass is 10.1. The van der Waals surface area contributed by atoms with Gasteiger partial charge in [-0.15, -0.1) is 0 Å². The molecule has 2 heterocycles. The summed E-state index contributed by atoms with van der Waals surface area (Å²) in [6.45, 7) is 10.6. The molecule has 1 fully saturated rings. The zero-order valence-corrected chi connectivity index (χ0v) is 18.2. The molecule has 2 N–H and O–H groups in total. The highest BCUT2D eigenvalue weighted by Gasteiger charge is 2.47. The zero-order chi connectivity index (χ0) is 23.0. The van der Waals surface area contributed by atoms with Crippen molar-refractivity contribution in [2.45, 2.75) is 45.1 Å². The Balaban J connectivity index is 1.93. The Morgan fingerprint density at radius 2 is 2.19 bits per heavy atom. The van der Waals surface area contributed by atoms with Gasteiger partial charge in [0.05, 0.1) is 48.9 Å². The van der Waals surface area contributed by atoms with Crippen LogP contribution in [0.15, 0.2) is 12.3 Å². The summed E-state index contributed by atoms with van der Waals surface area (Å²) in [5.41, 5.74) is -1.14. The second kappa shape index (κ2) is 11.0. The van der Waals surface area contributed by atoms with Crippen LogP contribution in [0.4, 0.5) is 4.39 Å². The molecule has 168 valence electrons. The van der Waals surface area contributed by atoms with Crippen molar-refractivity contribution in [1.29, 1.82) is 0 Å². The smallest absolute Gasteiger partial charge is 0.303 e. The van der Waals surface area contributed by atoms with Crippen LogP contribution in [0.1, 0.15) is 42.7 Å². The fourth-order valence-electron chi connectivity index (χ4n) is 3.08. The number of halogens is 2. The molecule has 9 nitrogen and oxygen atoms in total. The Hall–Kier alpha value is -2.77. The van der Waals surface area contributed by atoms with Crippen LogP contribution in [0.2, 0.25) is 5.02 Å². The third-order valence-electron chi connectivity index (χ3n) is 4.64. The Kier molecular flexibility index (Phi) is 8.71. The maximum atomic E-state index is 14.2. The van der Waals surface area contributed by atoms with Gasteiger partial charge in [-0.25, -0.2) is 11.0 Å². The molecular weight excluding hydrogens is 429 g/mol. The number of ether oxygens (including phenoxy) is 1. The summed E-state index contributed by atoms with van der Waals surface area (Å²) < 4.78 is 19.3. The van der Waals surface area contributed by atoms with Gasteiger partial charge < -0.3 is 15.4 Å². The highest BCUT2D eigenvalue weighted by atomic mass is 35.5. The van der Waals surface area contributed by atoms with E-state index in [1.807, 2.05) is 6.92 Å². The predicted molar refractivity (Wildman–Crippen MR) is 111 cm³/mol. The zero-order valence-electron chi connectivity index (χ0n) is 17.4. The van der Waals surface area contributed by atoms with Gasteiger partial charge in [-0.3, -0.25) is 29.1 Å². The number of nitrogens with one attached hydrogen (secondary N) is 2. The van der Waals surface area contributed by atoms with E-state index in [4.69, 9.17) is 22.9 Å². The Bertz CT molecular complexity index is 874. The molecule has 11 heteroatoms. The third kappa shape index (κ3) is 7.15. The molecule has 1 saturated heterocycles. The van der Waals surface area contributed by atoms with E-state index in [-0.39, 0.29) is 42.4 Å². The molecule has 2 rings (SSSR count). The number of nitrogens with zero attached hydrogens (tertiary/aromatic N) is 3. The second-order valence-electron chi connectivity index (χ2n) is 7.31. The Morgan fingerprint density at radius 1 is 1.45 bits per heavy atom. The summed E-state index contributed by atoms with van der Waals surface area (Å²) in [6.07, 6.45) is 0.536. The number of amides is 3. The van der Waals surface area contributed by atoms with Gasteiger partial charge in [0, 0.05) is 19.2 Å². The largest absolute Gasteiger partial charge is 0.381 e. The van der Waals surface area contributed by atoms with E-state index in [0.717, 1.165) is 4.90 Å². The fourth-order valence-corrected chi connectivity index (χ4v) is 3.27. The van der Waals surface area contributed by atoms with E-state index in [1.54, 1.807) is 0 Å². The van der Waals surface area contributed by atoms with Crippen molar-refractivity contribution in [3.8, 4) is 0 Å². The molecule has 1 aliphatic heterocycles. The fraction of sp³-hybridized carbons (Fsp3) is 0.550. The molecule has 0 radical (unpaired) electrons. The summed E-state index contributed by atoms with van der Waals surface area (Å²) in [5, 5.41) is 5.19. The van der Waals surface area contributed by atoms with Gasteiger partial charge in [0.1, 0.15) is 5.67 Å². The first-order valence-corrected chi connectivity index (χ1v) is 10.2. The molecule has 1 aliphatic rings. The molecule has 0 spiro atoms. The standard InChI is InChI=1S/C20H25ClFN5O4/c1-4-31-6-5-17(28)25-9-13-7-14(15(21)10-24-13)19(30)26-11-18(29)27-12-20(2,22)8-16(27)23-3/h7,10,16H,4-6,8-9,11-12H2,1-2H3,(H,25,28)(H,26,30)/t16-,20?/m0/s1. The van der Waals surface area contributed by atoms with E-state index in [9.17, 15) is 18.8 Å². The van der Waals surface area contributed by atoms with Gasteiger partial charge in [-0.05, 0) is 19.9 Å². The van der Waals surface area contributed by atoms with Crippen LogP contribution < -0.4 is 10.6 Å². The van der Waals surface area contributed by atoms with Crippen LogP contribution in [0.5, 0.6) is 0 Å². The lowest BCUT2D eigenvalue weighted by Gasteiger charge is -2.17. The first-order valence-electron chi connectivity index (χ1n) is 9.79. The van der Waals surface area contributed by atoms with Gasteiger partial charge in [-0.2, -0.15) is 0 Å². The Morgan fingerprint density at radius 3 is 2.87 bits per heavy atom. The number of aromatic nitrogens is 1. The maximum Gasteiger partial charge on any atom is 0.303 e. The number of carbonyl (C=O) groups excluding carboxylic acids is 3. The maximum absolute atomic E-state index is 14.2. The number of carbonyl (C=O) groups is 3. The van der Waals surface area contributed by atoms with Gasteiger partial charge in [0.15, 0.2) is 0 Å². The quantitative estimate of drug-likeness (QED) is 0.437. The van der Waals surface area contributed by atoms with Crippen LogP contribution in [-0.2, 0) is 20.9 Å². The monoisotopic (exact) mass is 453 g/mol. The SMILES string of the molecule is [C-]#[N+][C@@H]1CC(C)(F)CN1C(=O)CNC(=O)c1cc(CNC(=O)CCOCC)ncc1Cl. The van der Waals surface area contributed by atoms with Crippen molar-refractivity contribution in [3.05, 3.63) is 40.0 Å². The minimum atomic E-state index is -1.63. The molecule has 0 aromatic carbocycles. The summed E-state index contributed by atoms with van der Waals surface area (Å²) in [6, 6.07) is 1.42. The van der Waals surface area contributed by atoms with E-state index in [1.165, 1.54) is 19.2 Å². The first kappa shape index (κ1) is 24.5. The van der Waals surface area contributed by atoms with Crippen LogP contribution in [0.25, 0.3) is 4.85 Å². The summed E-state index contributed by atoms with van der Waals surface area (Å²) in [7, 11) is 0. The molecule has 2 atom stereocenters. The normalized spacial score (nSPS) is 20.2. The van der Waals surface area contributed by atoms with Gasteiger partial charge in [-0.1, -0.05) is 11.6 Å². The van der Waals surface area contributed by atoms with Crippen LogP contribution in [-0.4, -0.2) is 65.7 Å². The summed E-state index contributed by atoms with van der Waals surface area (Å²) >= 11 is 6.05. The minimum Gasteiger partial charge on any atom is -0.381 e. The highest BCUT2D eigenvalue weighted by Crippen LogP contribution is 2.30. The summed E-state index contributed by atoms with van der Waals surface area (Å²) in [5.74, 6) is -1.39. The number of alkyl halides is 1. The highest BCUT2D eigenvalue weighted by molar-refractivity contribution is 6.33. The van der Waals surface area contributed by atoms with E-state index in [2.05, 4.69) is 20.5 Å². The molecule has 0 aliphatic carbocycles. The molecule has 1 aromatic rings. The lowest BCUT2D eigenvalue weighted by Crippen LogP contribution is -2.42. The van der Waals surface area contributed by atoms with Crippen LogP contribution in [0, 0.1) is 6.57 Å². The number of rotatable bonds is 9. The lowest BCUT2D eigenvalue weighted by molar-refractivity contribution is -0.130. The molecule has 1 aromatic heterocycles. The van der Waals surface area contributed by atoms with Crippen LogP contribution >= 0.6 is 11.6 Å². The topological polar surface area (TPSA) is 105 Å². The predicted octanol–water partition coefficient (Wildman–Crippen LogP) is 1.71. The molecule has 3 amide bonds. The van der Waals surface area contributed by atoms with Crippen molar-refractivity contribution in [2.75, 3.05) is 26.3 Å². The van der Waals surface area contributed by atoms with E-state index in [0.29, 0.717) is 18.9 Å². The van der Waals surface area contributed by atoms with Gasteiger partial charge >= 0.3 is 6.17 Å². The molecular formula is C20H25ClFN5O4. The second-order valence-corrected chi connectivity index (χ2v) is 7.72. The van der Waals surface area contributed by atoms with Crippen molar-refractivity contribution >= 4 is 29.3 Å². The molecule has 31 heavy (non-hydrogen) atoms. The van der Waals surface area contributed by atoms with Crippen molar-refractivity contribution in [2.24, 2.45) is 0 Å². The third-order valence-corrected chi connectivity index (χ3v) is 4.94. The summed E-state index contributed by atoms with van der Waals surface area (Å²) in [4.78, 5) is 45.1. The number of hydrogen-bond donors (Lipinski definition) is 2. The van der Waals surface area contributed by atoms with E-state index >= 15 is 0 Å². The average molecular weight is 454 g/mol. The molecule has 1 unspecified atom stereocenters. The average Bonchev–Trinajstić information content (AvgIpc) is 3.06. The molecule has 0 saturated carbocycles. The minimum absolute atomic E-state index is 0.0635. The van der Waals surface area contributed by atoms with Gasteiger partial charge in [0.25, 0.3) is 5.91 Å². The number of likely N-dealkylation sites (tertiary alicyclic amines) is 1. The van der Waals surface area contributed by atoms with E-state index < -0.39 is 30.2 Å². The van der Waals surface area contributed by atoms with Crippen molar-refractivity contribution < 1.29 is 23.5 Å². The van der Waals surface area contributed by atoms with Crippen LogP contribution in [0.3, 0.4) is 0 Å². The molecule has 0 bridgehead atoms. The number of pyridine rings is 1. The van der Waals surface area contributed by atoms with Crippen molar-refractivity contribution in [3.63, 3.8) is 0 Å². The number of hydrogen-bond acceptors (Lipinski definition) is 5.